The van der Waals surface area contributed by atoms with Gasteiger partial charge in [0.1, 0.15) is 10.4 Å². The SMILES string of the molecule is COC(=O)c1cc(S(=O)(=O)c2cc(Br)c3ncn(Cc4ccccc4)c3c2)c(SC)s1. The Hall–Kier alpha value is -2.14. The number of thiophene rings is 1. The van der Waals surface area contributed by atoms with Crippen LogP contribution in [0.15, 0.2) is 73.3 Å². The highest BCUT2D eigenvalue weighted by molar-refractivity contribution is 9.10. The van der Waals surface area contributed by atoms with Crippen LogP contribution < -0.4 is 0 Å². The smallest absolute Gasteiger partial charge is 0.348 e. The number of carbonyl (C=O) groups excluding carboxylic acids is 1. The lowest BCUT2D eigenvalue weighted by Crippen LogP contribution is -2.04. The molecule has 0 aliphatic rings. The number of benzene rings is 2. The van der Waals surface area contributed by atoms with Gasteiger partial charge in [0.2, 0.25) is 9.84 Å². The van der Waals surface area contributed by atoms with Crippen LogP contribution in [0.5, 0.6) is 0 Å². The van der Waals surface area contributed by atoms with Crippen molar-refractivity contribution >= 4 is 65.9 Å². The van der Waals surface area contributed by atoms with Crippen molar-refractivity contribution in [1.82, 2.24) is 9.55 Å². The lowest BCUT2D eigenvalue weighted by molar-refractivity contribution is 0.0606. The van der Waals surface area contributed by atoms with Crippen molar-refractivity contribution in [1.29, 1.82) is 0 Å². The minimum Gasteiger partial charge on any atom is -0.465 e. The van der Waals surface area contributed by atoms with Crippen LogP contribution in [0.1, 0.15) is 15.2 Å². The summed E-state index contributed by atoms with van der Waals surface area (Å²) in [6.45, 7) is 0.564. The maximum atomic E-state index is 13.5. The van der Waals surface area contributed by atoms with Gasteiger partial charge in [0.05, 0.1) is 33.0 Å². The fourth-order valence-corrected chi connectivity index (χ4v) is 7.84. The number of hydrogen-bond acceptors (Lipinski definition) is 7. The van der Waals surface area contributed by atoms with E-state index in [1.165, 1.54) is 24.9 Å². The summed E-state index contributed by atoms with van der Waals surface area (Å²) in [5, 5.41) is 0. The first-order chi connectivity index (χ1) is 14.8. The highest BCUT2D eigenvalue weighted by Crippen LogP contribution is 2.38. The number of thioether (sulfide) groups is 1. The summed E-state index contributed by atoms with van der Waals surface area (Å²) >= 11 is 5.86. The summed E-state index contributed by atoms with van der Waals surface area (Å²) in [5.74, 6) is -0.556. The third kappa shape index (κ3) is 4.17. The molecule has 0 saturated carbocycles. The summed E-state index contributed by atoms with van der Waals surface area (Å²) in [5.41, 5.74) is 2.46. The maximum Gasteiger partial charge on any atom is 0.348 e. The zero-order valence-corrected chi connectivity index (χ0v) is 20.6. The van der Waals surface area contributed by atoms with Crippen molar-refractivity contribution in [2.24, 2.45) is 0 Å². The van der Waals surface area contributed by atoms with Crippen molar-refractivity contribution in [2.75, 3.05) is 13.4 Å². The number of rotatable bonds is 6. The molecule has 0 amide bonds. The Morgan fingerprint density at radius 2 is 1.97 bits per heavy atom. The van der Waals surface area contributed by atoms with Gasteiger partial charge in [0.15, 0.2) is 0 Å². The predicted molar refractivity (Wildman–Crippen MR) is 126 cm³/mol. The van der Waals surface area contributed by atoms with Gasteiger partial charge in [0, 0.05) is 11.0 Å². The van der Waals surface area contributed by atoms with Crippen LogP contribution in [0.25, 0.3) is 11.0 Å². The molecule has 10 heteroatoms. The molecular formula is C21H17BrN2O4S3. The average Bonchev–Trinajstić information content (AvgIpc) is 3.39. The molecule has 0 N–H and O–H groups in total. The lowest BCUT2D eigenvalue weighted by atomic mass is 10.2. The van der Waals surface area contributed by atoms with E-state index in [0.29, 0.717) is 26.3 Å². The highest BCUT2D eigenvalue weighted by atomic mass is 79.9. The number of nitrogens with zero attached hydrogens (tertiary/aromatic N) is 2. The van der Waals surface area contributed by atoms with Gasteiger partial charge in [-0.25, -0.2) is 18.2 Å². The van der Waals surface area contributed by atoms with Crippen LogP contribution in [-0.2, 0) is 21.1 Å². The molecule has 0 fully saturated rings. The number of aromatic nitrogens is 2. The summed E-state index contributed by atoms with van der Waals surface area (Å²) in [6, 6.07) is 14.4. The monoisotopic (exact) mass is 536 g/mol. The number of imidazole rings is 1. The summed E-state index contributed by atoms with van der Waals surface area (Å²) in [4.78, 5) is 16.9. The first-order valence-corrected chi connectivity index (χ1v) is 13.4. The van der Waals surface area contributed by atoms with Crippen LogP contribution >= 0.6 is 39.0 Å². The number of methoxy groups -OCH3 is 1. The Morgan fingerprint density at radius 1 is 1.23 bits per heavy atom. The van der Waals surface area contributed by atoms with Gasteiger partial charge < -0.3 is 9.30 Å². The number of halogens is 1. The molecule has 2 aromatic carbocycles. The Balaban J connectivity index is 1.83. The molecule has 0 unspecified atom stereocenters. The van der Waals surface area contributed by atoms with Crippen molar-refractivity contribution in [3.63, 3.8) is 0 Å². The molecule has 4 aromatic rings. The first kappa shape index (κ1) is 22.1. The zero-order valence-electron chi connectivity index (χ0n) is 16.5. The molecule has 31 heavy (non-hydrogen) atoms. The predicted octanol–water partition coefficient (Wildman–Crippen LogP) is 5.25. The third-order valence-corrected chi connectivity index (χ3v) is 9.56. The van der Waals surface area contributed by atoms with E-state index in [-0.39, 0.29) is 14.7 Å². The molecule has 0 radical (unpaired) electrons. The second-order valence-electron chi connectivity index (χ2n) is 6.59. The van der Waals surface area contributed by atoms with E-state index in [2.05, 4.69) is 20.9 Å². The second kappa shape index (κ2) is 8.78. The molecule has 4 rings (SSSR count). The zero-order chi connectivity index (χ0) is 22.2. The number of sulfone groups is 1. The minimum absolute atomic E-state index is 0.103. The molecule has 6 nitrogen and oxygen atoms in total. The van der Waals surface area contributed by atoms with Gasteiger partial charge in [-0.15, -0.1) is 23.1 Å². The summed E-state index contributed by atoms with van der Waals surface area (Å²) < 4.78 is 34.8. The van der Waals surface area contributed by atoms with Gasteiger partial charge >= 0.3 is 5.97 Å². The van der Waals surface area contributed by atoms with E-state index in [1.807, 2.05) is 34.9 Å². The van der Waals surface area contributed by atoms with E-state index in [1.54, 1.807) is 24.7 Å². The van der Waals surface area contributed by atoms with Gasteiger partial charge in [-0.2, -0.15) is 0 Å². The molecule has 0 spiro atoms. The van der Waals surface area contributed by atoms with E-state index in [0.717, 1.165) is 16.9 Å². The molecule has 0 saturated heterocycles. The Bertz CT molecular complexity index is 1380. The standard InChI is InChI=1S/C21H17BrN2O4S3/c1-28-20(25)17-10-18(21(29-2)30-17)31(26,27)14-8-15(22)19-16(9-14)24(12-23-19)11-13-6-4-3-5-7-13/h3-10,12H,11H2,1-2H3. The molecule has 2 aromatic heterocycles. The number of ether oxygens (including phenoxy) is 1. The largest absolute Gasteiger partial charge is 0.465 e. The molecule has 0 atom stereocenters. The van der Waals surface area contributed by atoms with Gasteiger partial charge in [-0.1, -0.05) is 30.3 Å². The van der Waals surface area contributed by atoms with Crippen molar-refractivity contribution < 1.29 is 17.9 Å². The van der Waals surface area contributed by atoms with Crippen molar-refractivity contribution in [2.45, 2.75) is 20.5 Å². The van der Waals surface area contributed by atoms with Gasteiger partial charge in [-0.3, -0.25) is 0 Å². The molecular weight excluding hydrogens is 520 g/mol. The Morgan fingerprint density at radius 3 is 2.65 bits per heavy atom. The second-order valence-corrected chi connectivity index (χ2v) is 11.5. The van der Waals surface area contributed by atoms with Crippen LogP contribution in [-0.4, -0.2) is 37.3 Å². The van der Waals surface area contributed by atoms with Gasteiger partial charge in [-0.05, 0) is 45.9 Å². The Kier molecular flexibility index (Phi) is 6.25. The van der Waals surface area contributed by atoms with Crippen LogP contribution in [0.4, 0.5) is 0 Å². The molecule has 160 valence electrons. The maximum absolute atomic E-state index is 13.5. The van der Waals surface area contributed by atoms with Crippen molar-refractivity contribution in [3.05, 3.63) is 69.8 Å². The Labute approximate surface area is 196 Å². The lowest BCUT2D eigenvalue weighted by Gasteiger charge is -2.09. The number of esters is 1. The third-order valence-electron chi connectivity index (χ3n) is 4.69. The molecule has 2 heterocycles. The van der Waals surface area contributed by atoms with Crippen molar-refractivity contribution in [3.8, 4) is 0 Å². The fourth-order valence-electron chi connectivity index (χ4n) is 3.17. The van der Waals surface area contributed by atoms with E-state index in [9.17, 15) is 13.2 Å². The van der Waals surface area contributed by atoms with Crippen LogP contribution in [0.3, 0.4) is 0 Å². The van der Waals surface area contributed by atoms with Gasteiger partial charge in [0.25, 0.3) is 0 Å². The number of carbonyl (C=O) groups is 1. The van der Waals surface area contributed by atoms with Crippen LogP contribution in [0.2, 0.25) is 0 Å². The van der Waals surface area contributed by atoms with E-state index < -0.39 is 15.8 Å². The molecule has 0 bridgehead atoms. The quantitative estimate of drug-likeness (QED) is 0.247. The van der Waals surface area contributed by atoms with E-state index >= 15 is 0 Å². The summed E-state index contributed by atoms with van der Waals surface area (Å²) in [6.07, 6.45) is 3.48. The normalized spacial score (nSPS) is 11.7. The number of fused-ring (bicyclic) bond motifs is 1. The molecule has 0 aliphatic heterocycles. The minimum atomic E-state index is -3.87. The summed E-state index contributed by atoms with van der Waals surface area (Å²) in [7, 11) is -2.60. The highest BCUT2D eigenvalue weighted by Gasteiger charge is 2.27. The van der Waals surface area contributed by atoms with Crippen LogP contribution in [0, 0.1) is 0 Å². The van der Waals surface area contributed by atoms with E-state index in [4.69, 9.17) is 4.74 Å². The average molecular weight is 537 g/mol. The first-order valence-electron chi connectivity index (χ1n) is 9.04. The molecule has 0 aliphatic carbocycles. The topological polar surface area (TPSA) is 78.3 Å². The number of hydrogen-bond donors (Lipinski definition) is 0. The fraction of sp³-hybridized carbons (Fsp3) is 0.143.